The molecule has 0 saturated heterocycles. The number of nitrogens with one attached hydrogen (secondary N) is 3. The van der Waals surface area contributed by atoms with Gasteiger partial charge in [0.15, 0.2) is 0 Å². The molecule has 4 rings (SSSR count). The Balaban J connectivity index is 1.29. The summed E-state index contributed by atoms with van der Waals surface area (Å²) in [4.78, 5) is 12.2. The molecule has 0 aliphatic heterocycles. The SMILES string of the molecule is Cc1cccc2scc(CNc3ccccc3NCCCC(=O)NS(=O)(=O)c3ccccc3)c12. The lowest BCUT2D eigenvalue weighted by Gasteiger charge is -2.14. The molecule has 8 heteroatoms. The first-order valence-corrected chi connectivity index (χ1v) is 13.4. The van der Waals surface area contributed by atoms with E-state index in [4.69, 9.17) is 0 Å². The van der Waals surface area contributed by atoms with Crippen molar-refractivity contribution in [2.45, 2.75) is 31.2 Å². The van der Waals surface area contributed by atoms with Crippen LogP contribution in [0, 0.1) is 6.92 Å². The number of benzene rings is 3. The number of carbonyl (C=O) groups excluding carboxylic acids is 1. The molecule has 0 fully saturated rings. The summed E-state index contributed by atoms with van der Waals surface area (Å²) in [5.74, 6) is -0.517. The number of rotatable bonds is 10. The van der Waals surface area contributed by atoms with Crippen LogP contribution in [0.15, 0.2) is 83.1 Å². The Kier molecular flexibility index (Phi) is 7.49. The maximum Gasteiger partial charge on any atom is 0.264 e. The molecule has 6 nitrogen and oxygen atoms in total. The first-order chi connectivity index (χ1) is 16.4. The third-order valence-corrected chi connectivity index (χ3v) is 7.86. The number of carbonyl (C=O) groups is 1. The molecule has 0 aliphatic carbocycles. The summed E-state index contributed by atoms with van der Waals surface area (Å²) in [6.45, 7) is 3.39. The average Bonchev–Trinajstić information content (AvgIpc) is 3.26. The molecule has 3 N–H and O–H groups in total. The van der Waals surface area contributed by atoms with Gasteiger partial charge in [-0.25, -0.2) is 13.1 Å². The highest BCUT2D eigenvalue weighted by Gasteiger charge is 2.16. The predicted molar refractivity (Wildman–Crippen MR) is 140 cm³/mol. The van der Waals surface area contributed by atoms with Gasteiger partial charge in [0.1, 0.15) is 0 Å². The van der Waals surface area contributed by atoms with Gasteiger partial charge in [-0.15, -0.1) is 11.3 Å². The number of para-hydroxylation sites is 2. The van der Waals surface area contributed by atoms with Crippen LogP contribution in [-0.2, 0) is 21.4 Å². The third kappa shape index (κ3) is 5.76. The standard InChI is InChI=1S/C26H27N3O3S2/c1-19-9-7-14-24-26(19)20(18-33-24)17-28-23-13-6-5-12-22(23)27-16-8-15-25(30)29-34(31,32)21-10-3-2-4-11-21/h2-7,9-14,18,27-28H,8,15-17H2,1H3,(H,29,30). The fourth-order valence-electron chi connectivity index (χ4n) is 3.79. The minimum atomic E-state index is -3.83. The van der Waals surface area contributed by atoms with Crippen molar-refractivity contribution in [3.63, 3.8) is 0 Å². The second-order valence-corrected chi connectivity index (χ2v) is 10.6. The van der Waals surface area contributed by atoms with Crippen molar-refractivity contribution in [2.24, 2.45) is 0 Å². The lowest BCUT2D eigenvalue weighted by Crippen LogP contribution is -2.30. The van der Waals surface area contributed by atoms with Crippen LogP contribution in [0.3, 0.4) is 0 Å². The molecule has 0 radical (unpaired) electrons. The van der Waals surface area contributed by atoms with E-state index in [-0.39, 0.29) is 11.3 Å². The molecule has 0 aliphatic rings. The van der Waals surface area contributed by atoms with Crippen molar-refractivity contribution in [2.75, 3.05) is 17.2 Å². The fourth-order valence-corrected chi connectivity index (χ4v) is 5.86. The van der Waals surface area contributed by atoms with Gasteiger partial charge in [-0.05, 0) is 60.2 Å². The van der Waals surface area contributed by atoms with E-state index in [1.54, 1.807) is 29.5 Å². The number of amides is 1. The maximum atomic E-state index is 12.3. The Morgan fingerprint density at radius 1 is 0.882 bits per heavy atom. The average molecular weight is 494 g/mol. The summed E-state index contributed by atoms with van der Waals surface area (Å²) >= 11 is 1.75. The number of fused-ring (bicyclic) bond motifs is 1. The van der Waals surface area contributed by atoms with Gasteiger partial charge < -0.3 is 10.6 Å². The second-order valence-electron chi connectivity index (χ2n) is 7.98. The monoisotopic (exact) mass is 493 g/mol. The zero-order chi connectivity index (χ0) is 24.0. The zero-order valence-electron chi connectivity index (χ0n) is 18.9. The summed E-state index contributed by atoms with van der Waals surface area (Å²) in [7, 11) is -3.83. The van der Waals surface area contributed by atoms with Gasteiger partial charge in [-0.3, -0.25) is 4.79 Å². The summed E-state index contributed by atoms with van der Waals surface area (Å²) in [5, 5.41) is 10.4. The Morgan fingerprint density at radius 2 is 1.59 bits per heavy atom. The van der Waals surface area contributed by atoms with Crippen LogP contribution in [-0.4, -0.2) is 20.9 Å². The highest BCUT2D eigenvalue weighted by molar-refractivity contribution is 7.90. The van der Waals surface area contributed by atoms with Crippen LogP contribution < -0.4 is 15.4 Å². The number of hydrogen-bond acceptors (Lipinski definition) is 6. The number of anilines is 2. The third-order valence-electron chi connectivity index (χ3n) is 5.48. The topological polar surface area (TPSA) is 87.3 Å². The van der Waals surface area contributed by atoms with Gasteiger partial charge in [0.05, 0.1) is 16.3 Å². The number of aryl methyl sites for hydroxylation is 1. The fraction of sp³-hybridized carbons (Fsp3) is 0.192. The largest absolute Gasteiger partial charge is 0.383 e. The van der Waals surface area contributed by atoms with Crippen molar-refractivity contribution < 1.29 is 13.2 Å². The van der Waals surface area contributed by atoms with Crippen LogP contribution >= 0.6 is 11.3 Å². The second kappa shape index (κ2) is 10.7. The van der Waals surface area contributed by atoms with Crippen molar-refractivity contribution in [3.05, 3.63) is 89.3 Å². The highest BCUT2D eigenvalue weighted by Crippen LogP contribution is 2.30. The minimum absolute atomic E-state index is 0.0788. The molecular weight excluding hydrogens is 466 g/mol. The molecule has 34 heavy (non-hydrogen) atoms. The molecule has 3 aromatic carbocycles. The summed E-state index contributed by atoms with van der Waals surface area (Å²) in [6, 6.07) is 22.2. The van der Waals surface area contributed by atoms with Crippen LogP contribution in [0.4, 0.5) is 11.4 Å². The number of hydrogen-bond donors (Lipinski definition) is 3. The van der Waals surface area contributed by atoms with Crippen molar-refractivity contribution in [3.8, 4) is 0 Å². The molecular formula is C26H27N3O3S2. The molecule has 0 bridgehead atoms. The molecule has 1 amide bonds. The van der Waals surface area contributed by atoms with Crippen molar-refractivity contribution in [1.82, 2.24) is 4.72 Å². The first-order valence-electron chi connectivity index (χ1n) is 11.1. The Morgan fingerprint density at radius 3 is 2.35 bits per heavy atom. The van der Waals surface area contributed by atoms with E-state index in [9.17, 15) is 13.2 Å². The van der Waals surface area contributed by atoms with Crippen LogP contribution in [0.25, 0.3) is 10.1 Å². The molecule has 0 spiro atoms. The highest BCUT2D eigenvalue weighted by atomic mass is 32.2. The normalized spacial score (nSPS) is 11.3. The Bertz CT molecular complexity index is 1380. The predicted octanol–water partition coefficient (Wildman–Crippen LogP) is 5.52. The van der Waals surface area contributed by atoms with Gasteiger partial charge in [-0.2, -0.15) is 0 Å². The Labute approximate surface area is 204 Å². The van der Waals surface area contributed by atoms with Crippen LogP contribution in [0.1, 0.15) is 24.0 Å². The van der Waals surface area contributed by atoms with E-state index >= 15 is 0 Å². The maximum absolute atomic E-state index is 12.3. The van der Waals surface area contributed by atoms with Crippen LogP contribution in [0.2, 0.25) is 0 Å². The molecule has 0 unspecified atom stereocenters. The quantitative estimate of drug-likeness (QED) is 0.253. The minimum Gasteiger partial charge on any atom is -0.383 e. The van der Waals surface area contributed by atoms with Gasteiger partial charge >= 0.3 is 0 Å². The molecule has 176 valence electrons. The van der Waals surface area contributed by atoms with E-state index < -0.39 is 15.9 Å². The van der Waals surface area contributed by atoms with Gasteiger partial charge in [-0.1, -0.05) is 42.5 Å². The lowest BCUT2D eigenvalue weighted by molar-refractivity contribution is -0.119. The first kappa shape index (κ1) is 23.8. The van der Waals surface area contributed by atoms with Crippen molar-refractivity contribution >= 4 is 48.7 Å². The van der Waals surface area contributed by atoms with Gasteiger partial charge in [0.25, 0.3) is 10.0 Å². The lowest BCUT2D eigenvalue weighted by atomic mass is 10.1. The molecule has 0 atom stereocenters. The number of sulfonamides is 1. The molecule has 1 aromatic heterocycles. The summed E-state index contributed by atoms with van der Waals surface area (Å²) < 4.78 is 27.9. The molecule has 1 heterocycles. The van der Waals surface area contributed by atoms with E-state index in [1.807, 2.05) is 24.3 Å². The summed E-state index contributed by atoms with van der Waals surface area (Å²) in [5.41, 5.74) is 4.46. The van der Waals surface area contributed by atoms with Gasteiger partial charge in [0, 0.05) is 29.6 Å². The zero-order valence-corrected chi connectivity index (χ0v) is 20.5. The van der Waals surface area contributed by atoms with E-state index in [0.717, 1.165) is 11.4 Å². The molecule has 0 saturated carbocycles. The van der Waals surface area contributed by atoms with Gasteiger partial charge in [0.2, 0.25) is 5.91 Å². The number of thiophene rings is 1. The Hall–Kier alpha value is -3.36. The van der Waals surface area contributed by atoms with E-state index in [0.29, 0.717) is 19.5 Å². The smallest absolute Gasteiger partial charge is 0.264 e. The van der Waals surface area contributed by atoms with E-state index in [2.05, 4.69) is 45.9 Å². The van der Waals surface area contributed by atoms with E-state index in [1.165, 1.54) is 33.3 Å². The van der Waals surface area contributed by atoms with Crippen molar-refractivity contribution in [1.29, 1.82) is 0 Å². The molecule has 4 aromatic rings. The van der Waals surface area contributed by atoms with Crippen LogP contribution in [0.5, 0.6) is 0 Å². The summed E-state index contributed by atoms with van der Waals surface area (Å²) in [6.07, 6.45) is 0.605.